The molecule has 1 aliphatic carbocycles. The van der Waals surface area contributed by atoms with Crippen LogP contribution >= 0.6 is 0 Å². The van der Waals surface area contributed by atoms with Crippen molar-refractivity contribution >= 4 is 0 Å². The second-order valence-electron chi connectivity index (χ2n) is 6.13. The predicted molar refractivity (Wildman–Crippen MR) is 81.9 cm³/mol. The summed E-state index contributed by atoms with van der Waals surface area (Å²) in [6, 6.07) is 2.44. The zero-order valence-electron chi connectivity index (χ0n) is 13.2. The molecule has 20 heavy (non-hydrogen) atoms. The highest BCUT2D eigenvalue weighted by Gasteiger charge is 2.41. The van der Waals surface area contributed by atoms with Crippen molar-refractivity contribution in [3.63, 3.8) is 0 Å². The van der Waals surface area contributed by atoms with E-state index in [0.29, 0.717) is 6.04 Å². The van der Waals surface area contributed by atoms with Gasteiger partial charge in [-0.15, -0.1) is 0 Å². The van der Waals surface area contributed by atoms with E-state index in [1.54, 1.807) is 6.26 Å². The zero-order chi connectivity index (χ0) is 14.4. The Kier molecular flexibility index (Phi) is 5.67. The number of ether oxygens (including phenoxy) is 1. The molecule has 0 saturated heterocycles. The third-order valence-corrected chi connectivity index (χ3v) is 4.66. The second kappa shape index (κ2) is 7.28. The molecule has 1 saturated carbocycles. The Hall–Kier alpha value is -0.800. The van der Waals surface area contributed by atoms with Gasteiger partial charge in [-0.1, -0.05) is 13.8 Å². The predicted octanol–water partition coefficient (Wildman–Crippen LogP) is 3.79. The van der Waals surface area contributed by atoms with Gasteiger partial charge in [-0.25, -0.2) is 0 Å². The van der Waals surface area contributed by atoms with Crippen molar-refractivity contribution in [3.8, 4) is 0 Å². The molecular weight excluding hydrogens is 250 g/mol. The molecule has 114 valence electrons. The molecule has 2 rings (SSSR count). The van der Waals surface area contributed by atoms with E-state index in [9.17, 15) is 0 Å². The van der Waals surface area contributed by atoms with E-state index < -0.39 is 0 Å². The number of nitrogens with one attached hydrogen (secondary N) is 1. The summed E-state index contributed by atoms with van der Waals surface area (Å²) in [6.07, 6.45) is 9.47. The zero-order valence-corrected chi connectivity index (χ0v) is 13.2. The number of furan rings is 1. The first kappa shape index (κ1) is 15.6. The van der Waals surface area contributed by atoms with Gasteiger partial charge in [-0.05, 0) is 63.1 Å². The second-order valence-corrected chi connectivity index (χ2v) is 6.13. The van der Waals surface area contributed by atoms with Gasteiger partial charge in [0.25, 0.3) is 0 Å². The third-order valence-electron chi connectivity index (χ3n) is 4.66. The summed E-state index contributed by atoms with van der Waals surface area (Å²) in [4.78, 5) is 0. The van der Waals surface area contributed by atoms with E-state index in [4.69, 9.17) is 9.15 Å². The summed E-state index contributed by atoms with van der Waals surface area (Å²) in [7, 11) is 0. The van der Waals surface area contributed by atoms with Crippen molar-refractivity contribution in [3.05, 3.63) is 24.2 Å². The van der Waals surface area contributed by atoms with E-state index in [2.05, 4.69) is 32.2 Å². The van der Waals surface area contributed by atoms with Gasteiger partial charge in [-0.2, -0.15) is 0 Å². The molecule has 0 bridgehead atoms. The van der Waals surface area contributed by atoms with Crippen LogP contribution < -0.4 is 5.32 Å². The van der Waals surface area contributed by atoms with Crippen LogP contribution in [0.4, 0.5) is 0 Å². The Morgan fingerprint density at radius 3 is 2.70 bits per heavy atom. The molecule has 1 fully saturated rings. The summed E-state index contributed by atoms with van der Waals surface area (Å²) in [5.41, 5.74) is 1.25. The fourth-order valence-corrected chi connectivity index (χ4v) is 3.47. The topological polar surface area (TPSA) is 34.4 Å². The van der Waals surface area contributed by atoms with Crippen molar-refractivity contribution < 1.29 is 9.15 Å². The summed E-state index contributed by atoms with van der Waals surface area (Å²) >= 11 is 0. The van der Waals surface area contributed by atoms with Crippen LogP contribution in [0, 0.1) is 5.92 Å². The highest BCUT2D eigenvalue weighted by molar-refractivity contribution is 5.11. The number of likely N-dealkylation sites (N-methyl/N-ethyl adjacent to an activating group) is 1. The maximum Gasteiger partial charge on any atom is 0.0935 e. The van der Waals surface area contributed by atoms with E-state index >= 15 is 0 Å². The molecule has 1 atom stereocenters. The quantitative estimate of drug-likeness (QED) is 0.824. The minimum Gasteiger partial charge on any atom is -0.472 e. The van der Waals surface area contributed by atoms with Crippen molar-refractivity contribution in [2.75, 3.05) is 13.2 Å². The molecular formula is C17H29NO2. The van der Waals surface area contributed by atoms with E-state index in [-0.39, 0.29) is 5.60 Å². The first-order valence-corrected chi connectivity index (χ1v) is 8.08. The van der Waals surface area contributed by atoms with Crippen molar-refractivity contribution in [1.82, 2.24) is 5.32 Å². The normalized spacial score (nSPS) is 28.4. The minimum absolute atomic E-state index is 0.00542. The highest BCUT2D eigenvalue weighted by Crippen LogP contribution is 2.38. The van der Waals surface area contributed by atoms with Gasteiger partial charge in [-0.3, -0.25) is 0 Å². The SMILES string of the molecule is CCNC(Cc1ccoc1)C1(OCC)CCC(C)CC1. The van der Waals surface area contributed by atoms with Crippen molar-refractivity contribution in [2.45, 2.75) is 64.5 Å². The molecule has 0 amide bonds. The van der Waals surface area contributed by atoms with E-state index in [1.807, 2.05) is 6.26 Å². The van der Waals surface area contributed by atoms with Gasteiger partial charge >= 0.3 is 0 Å². The monoisotopic (exact) mass is 279 g/mol. The van der Waals surface area contributed by atoms with Crippen LogP contribution in [0.2, 0.25) is 0 Å². The van der Waals surface area contributed by atoms with Crippen LogP contribution in [0.15, 0.2) is 23.0 Å². The van der Waals surface area contributed by atoms with Crippen LogP contribution in [0.25, 0.3) is 0 Å². The Labute approximate surface area is 123 Å². The maximum atomic E-state index is 6.29. The van der Waals surface area contributed by atoms with Gasteiger partial charge in [0.15, 0.2) is 0 Å². The molecule has 1 aliphatic rings. The number of hydrogen-bond acceptors (Lipinski definition) is 3. The third kappa shape index (κ3) is 3.64. The van der Waals surface area contributed by atoms with E-state index in [0.717, 1.165) is 38.3 Å². The molecule has 1 aromatic heterocycles. The maximum absolute atomic E-state index is 6.29. The molecule has 0 radical (unpaired) electrons. The summed E-state index contributed by atoms with van der Waals surface area (Å²) in [5.74, 6) is 0.833. The molecule has 0 aromatic carbocycles. The fourth-order valence-electron chi connectivity index (χ4n) is 3.47. The Bertz CT molecular complexity index is 366. The molecule has 0 spiro atoms. The Morgan fingerprint density at radius 2 is 2.15 bits per heavy atom. The van der Waals surface area contributed by atoms with Crippen molar-refractivity contribution in [1.29, 1.82) is 0 Å². The lowest BCUT2D eigenvalue weighted by Crippen LogP contribution is -2.55. The lowest BCUT2D eigenvalue weighted by Gasteiger charge is -2.45. The minimum atomic E-state index is -0.00542. The molecule has 1 aromatic rings. The van der Waals surface area contributed by atoms with Crippen LogP contribution in [-0.4, -0.2) is 24.8 Å². The van der Waals surface area contributed by atoms with Crippen LogP contribution in [0.1, 0.15) is 52.0 Å². The van der Waals surface area contributed by atoms with E-state index in [1.165, 1.54) is 18.4 Å². The molecule has 0 aliphatic heterocycles. The largest absolute Gasteiger partial charge is 0.472 e. The fraction of sp³-hybridized carbons (Fsp3) is 0.765. The summed E-state index contributed by atoms with van der Waals surface area (Å²) < 4.78 is 11.5. The number of rotatable bonds is 7. The average molecular weight is 279 g/mol. The molecule has 1 unspecified atom stereocenters. The Balaban J connectivity index is 2.13. The van der Waals surface area contributed by atoms with Gasteiger partial charge < -0.3 is 14.5 Å². The lowest BCUT2D eigenvalue weighted by molar-refractivity contribution is -0.0958. The van der Waals surface area contributed by atoms with Gasteiger partial charge in [0.1, 0.15) is 0 Å². The van der Waals surface area contributed by atoms with Crippen LogP contribution in [0.3, 0.4) is 0 Å². The average Bonchev–Trinajstić information content (AvgIpc) is 2.94. The van der Waals surface area contributed by atoms with Gasteiger partial charge in [0.05, 0.1) is 18.1 Å². The first-order valence-electron chi connectivity index (χ1n) is 8.08. The number of hydrogen-bond donors (Lipinski definition) is 1. The highest BCUT2D eigenvalue weighted by atomic mass is 16.5. The van der Waals surface area contributed by atoms with Crippen LogP contribution in [0.5, 0.6) is 0 Å². The summed E-state index contributed by atoms with van der Waals surface area (Å²) in [6.45, 7) is 8.41. The first-order chi connectivity index (χ1) is 9.70. The lowest BCUT2D eigenvalue weighted by atomic mass is 9.74. The molecule has 1 N–H and O–H groups in total. The van der Waals surface area contributed by atoms with Gasteiger partial charge in [0.2, 0.25) is 0 Å². The molecule has 3 heteroatoms. The Morgan fingerprint density at radius 1 is 1.40 bits per heavy atom. The smallest absolute Gasteiger partial charge is 0.0935 e. The molecule has 1 heterocycles. The van der Waals surface area contributed by atoms with Crippen LogP contribution in [-0.2, 0) is 11.2 Å². The summed E-state index contributed by atoms with van der Waals surface area (Å²) in [5, 5.41) is 3.66. The molecule has 3 nitrogen and oxygen atoms in total. The standard InChI is InChI=1S/C17H29NO2/c1-4-18-16(12-15-8-11-19-13-15)17(20-5-2)9-6-14(3)7-10-17/h8,11,13-14,16,18H,4-7,9-10,12H2,1-3H3. The van der Waals surface area contributed by atoms with Gasteiger partial charge in [0, 0.05) is 12.6 Å². The van der Waals surface area contributed by atoms with Crippen molar-refractivity contribution in [2.24, 2.45) is 5.92 Å².